The maximum Gasteiger partial charge on any atom is 0.252 e. The molecule has 1 aromatic rings. The number of carbonyl (C=O) groups excluding carboxylic acids is 2. The van der Waals surface area contributed by atoms with Gasteiger partial charge >= 0.3 is 0 Å². The zero-order valence-electron chi connectivity index (χ0n) is 10.7. The standard InChI is InChI=1S/C13H14Cl2N2O2/c1-3-13(2)12(19)17(7-11(18)16-13)10-6-8(14)4-5-9(10)15/h4-6H,3,7H2,1-2H3,(H,16,18). The minimum Gasteiger partial charge on any atom is -0.340 e. The van der Waals surface area contributed by atoms with E-state index in [2.05, 4.69) is 5.32 Å². The van der Waals surface area contributed by atoms with Crippen LogP contribution in [0.4, 0.5) is 5.69 Å². The fourth-order valence-electron chi connectivity index (χ4n) is 2.04. The molecule has 0 aliphatic carbocycles. The van der Waals surface area contributed by atoms with Crippen molar-refractivity contribution in [3.8, 4) is 0 Å². The van der Waals surface area contributed by atoms with E-state index in [0.29, 0.717) is 22.2 Å². The van der Waals surface area contributed by atoms with Gasteiger partial charge in [-0.15, -0.1) is 0 Å². The van der Waals surface area contributed by atoms with Gasteiger partial charge in [0.05, 0.1) is 10.7 Å². The number of carbonyl (C=O) groups is 2. The van der Waals surface area contributed by atoms with E-state index in [1.807, 2.05) is 6.92 Å². The Morgan fingerprint density at radius 2 is 2.05 bits per heavy atom. The quantitative estimate of drug-likeness (QED) is 0.913. The Bertz CT molecular complexity index is 547. The summed E-state index contributed by atoms with van der Waals surface area (Å²) >= 11 is 12.0. The number of amides is 2. The fraction of sp³-hybridized carbons (Fsp3) is 0.385. The summed E-state index contributed by atoms with van der Waals surface area (Å²) in [6.45, 7) is 3.51. The lowest BCUT2D eigenvalue weighted by Crippen LogP contribution is -2.65. The Balaban J connectivity index is 2.46. The lowest BCUT2D eigenvalue weighted by Gasteiger charge is -2.39. The summed E-state index contributed by atoms with van der Waals surface area (Å²) in [7, 11) is 0. The van der Waals surface area contributed by atoms with Gasteiger partial charge < -0.3 is 5.32 Å². The number of hydrogen-bond donors (Lipinski definition) is 1. The molecule has 1 unspecified atom stereocenters. The smallest absolute Gasteiger partial charge is 0.252 e. The SMILES string of the molecule is CCC1(C)NC(=O)CN(c2cc(Cl)ccc2Cl)C1=O. The Hall–Kier alpha value is -1.26. The van der Waals surface area contributed by atoms with Crippen molar-refractivity contribution in [1.82, 2.24) is 5.32 Å². The number of piperazine rings is 1. The zero-order chi connectivity index (χ0) is 14.2. The minimum atomic E-state index is -0.902. The van der Waals surface area contributed by atoms with Crippen molar-refractivity contribution in [2.45, 2.75) is 25.8 Å². The van der Waals surface area contributed by atoms with Gasteiger partial charge in [-0.1, -0.05) is 30.1 Å². The molecule has 1 heterocycles. The maximum atomic E-state index is 12.5. The van der Waals surface area contributed by atoms with Crippen LogP contribution < -0.4 is 10.2 Å². The Morgan fingerprint density at radius 3 is 2.68 bits per heavy atom. The van der Waals surface area contributed by atoms with Gasteiger partial charge in [0, 0.05) is 5.02 Å². The third-order valence-electron chi connectivity index (χ3n) is 3.34. The first kappa shape index (κ1) is 14.2. The van der Waals surface area contributed by atoms with Crippen molar-refractivity contribution in [1.29, 1.82) is 0 Å². The third kappa shape index (κ3) is 2.55. The second-order valence-corrected chi connectivity index (χ2v) is 5.56. The van der Waals surface area contributed by atoms with Gasteiger partial charge in [0.15, 0.2) is 0 Å². The molecular formula is C13H14Cl2N2O2. The molecule has 102 valence electrons. The van der Waals surface area contributed by atoms with Gasteiger partial charge in [0.1, 0.15) is 12.1 Å². The lowest BCUT2D eigenvalue weighted by molar-refractivity contribution is -0.135. The molecule has 0 aromatic heterocycles. The molecule has 1 aliphatic heterocycles. The van der Waals surface area contributed by atoms with Crippen LogP contribution in [0.15, 0.2) is 18.2 Å². The van der Waals surface area contributed by atoms with Crippen LogP contribution in [0, 0.1) is 0 Å². The van der Waals surface area contributed by atoms with Crippen molar-refractivity contribution in [3.63, 3.8) is 0 Å². The van der Waals surface area contributed by atoms with E-state index >= 15 is 0 Å². The van der Waals surface area contributed by atoms with Crippen LogP contribution >= 0.6 is 23.2 Å². The third-order valence-corrected chi connectivity index (χ3v) is 3.89. The molecule has 1 aromatic carbocycles. The predicted octanol–water partition coefficient (Wildman–Crippen LogP) is 2.62. The highest BCUT2D eigenvalue weighted by molar-refractivity contribution is 6.36. The zero-order valence-corrected chi connectivity index (χ0v) is 12.2. The average molecular weight is 301 g/mol. The summed E-state index contributed by atoms with van der Waals surface area (Å²) in [6, 6.07) is 4.85. The van der Waals surface area contributed by atoms with Crippen molar-refractivity contribution in [2.24, 2.45) is 0 Å². The topological polar surface area (TPSA) is 49.4 Å². The Labute approximate surface area is 121 Å². The molecule has 19 heavy (non-hydrogen) atoms. The fourth-order valence-corrected chi connectivity index (χ4v) is 2.43. The van der Waals surface area contributed by atoms with E-state index in [1.165, 1.54) is 4.90 Å². The van der Waals surface area contributed by atoms with Gasteiger partial charge in [-0.2, -0.15) is 0 Å². The molecule has 4 nitrogen and oxygen atoms in total. The highest BCUT2D eigenvalue weighted by Gasteiger charge is 2.42. The first-order chi connectivity index (χ1) is 8.87. The molecule has 1 saturated heterocycles. The van der Waals surface area contributed by atoms with Crippen LogP contribution in [-0.4, -0.2) is 23.9 Å². The molecule has 0 bridgehead atoms. The van der Waals surface area contributed by atoms with E-state index in [9.17, 15) is 9.59 Å². The highest BCUT2D eigenvalue weighted by atomic mass is 35.5. The number of halogens is 2. The van der Waals surface area contributed by atoms with E-state index in [0.717, 1.165) is 0 Å². The number of hydrogen-bond acceptors (Lipinski definition) is 2. The maximum absolute atomic E-state index is 12.5. The Kier molecular flexibility index (Phi) is 3.74. The molecule has 0 spiro atoms. The molecule has 0 saturated carbocycles. The van der Waals surface area contributed by atoms with Gasteiger partial charge in [0.25, 0.3) is 5.91 Å². The number of benzene rings is 1. The van der Waals surface area contributed by atoms with Gasteiger partial charge in [-0.3, -0.25) is 14.5 Å². The van der Waals surface area contributed by atoms with Gasteiger partial charge in [0.2, 0.25) is 5.91 Å². The molecular weight excluding hydrogens is 287 g/mol. The molecule has 1 aliphatic rings. The van der Waals surface area contributed by atoms with Gasteiger partial charge in [-0.05, 0) is 31.5 Å². The summed E-state index contributed by atoms with van der Waals surface area (Å²) in [5.41, 5.74) is -0.435. The molecule has 6 heteroatoms. The second-order valence-electron chi connectivity index (χ2n) is 4.72. The van der Waals surface area contributed by atoms with Crippen molar-refractivity contribution in [2.75, 3.05) is 11.4 Å². The molecule has 2 amide bonds. The van der Waals surface area contributed by atoms with E-state index in [1.54, 1.807) is 25.1 Å². The highest BCUT2D eigenvalue weighted by Crippen LogP contribution is 2.32. The average Bonchev–Trinajstić information content (AvgIpc) is 2.37. The van der Waals surface area contributed by atoms with Crippen LogP contribution in [0.25, 0.3) is 0 Å². The number of nitrogens with one attached hydrogen (secondary N) is 1. The number of anilines is 1. The molecule has 1 fully saturated rings. The van der Waals surface area contributed by atoms with E-state index < -0.39 is 5.54 Å². The van der Waals surface area contributed by atoms with Crippen LogP contribution in [0.1, 0.15) is 20.3 Å². The largest absolute Gasteiger partial charge is 0.340 e. The van der Waals surface area contributed by atoms with Crippen LogP contribution in [0.3, 0.4) is 0 Å². The van der Waals surface area contributed by atoms with E-state index in [-0.39, 0.29) is 18.4 Å². The van der Waals surface area contributed by atoms with Crippen LogP contribution in [0.5, 0.6) is 0 Å². The monoisotopic (exact) mass is 300 g/mol. The van der Waals surface area contributed by atoms with Crippen LogP contribution in [0.2, 0.25) is 10.0 Å². The van der Waals surface area contributed by atoms with Crippen molar-refractivity contribution in [3.05, 3.63) is 28.2 Å². The Morgan fingerprint density at radius 1 is 1.37 bits per heavy atom. The van der Waals surface area contributed by atoms with Gasteiger partial charge in [-0.25, -0.2) is 0 Å². The molecule has 2 rings (SSSR count). The summed E-state index contributed by atoms with van der Waals surface area (Å²) in [6.07, 6.45) is 0.506. The number of nitrogens with zero attached hydrogens (tertiary/aromatic N) is 1. The first-order valence-electron chi connectivity index (χ1n) is 5.95. The first-order valence-corrected chi connectivity index (χ1v) is 6.71. The summed E-state index contributed by atoms with van der Waals surface area (Å²) in [5.74, 6) is -0.390. The summed E-state index contributed by atoms with van der Waals surface area (Å²) < 4.78 is 0. The molecule has 0 radical (unpaired) electrons. The normalized spacial score (nSPS) is 23.5. The second kappa shape index (κ2) is 5.02. The van der Waals surface area contributed by atoms with E-state index in [4.69, 9.17) is 23.2 Å². The summed E-state index contributed by atoms with van der Waals surface area (Å²) in [5, 5.41) is 3.58. The number of rotatable bonds is 2. The van der Waals surface area contributed by atoms with Crippen molar-refractivity contribution < 1.29 is 9.59 Å². The molecule has 1 N–H and O–H groups in total. The van der Waals surface area contributed by atoms with Crippen LogP contribution in [-0.2, 0) is 9.59 Å². The summed E-state index contributed by atoms with van der Waals surface area (Å²) in [4.78, 5) is 25.7. The predicted molar refractivity (Wildman–Crippen MR) is 75.7 cm³/mol. The van der Waals surface area contributed by atoms with Crippen molar-refractivity contribution >= 4 is 40.7 Å². The minimum absolute atomic E-state index is 0.0471. The lowest BCUT2D eigenvalue weighted by atomic mass is 9.94. The molecule has 1 atom stereocenters.